The fourth-order valence-corrected chi connectivity index (χ4v) is 6.45. The van der Waals surface area contributed by atoms with E-state index in [0.29, 0.717) is 33.0 Å². The zero-order chi connectivity index (χ0) is 32.8. The van der Waals surface area contributed by atoms with Gasteiger partial charge in [-0.25, -0.2) is 16.8 Å². The molecule has 0 spiro atoms. The number of halogens is 6. The summed E-state index contributed by atoms with van der Waals surface area (Å²) >= 11 is 25.9. The molecule has 0 aliphatic rings. The number of hydrogen-bond acceptors (Lipinski definition) is 8. The van der Waals surface area contributed by atoms with E-state index >= 15 is 0 Å². The van der Waals surface area contributed by atoms with Crippen molar-refractivity contribution in [3.8, 4) is 23.0 Å². The highest BCUT2D eigenvalue weighted by Crippen LogP contribution is 2.34. The second kappa shape index (κ2) is 15.4. The molecule has 17 heteroatoms. The predicted octanol–water partition coefficient (Wildman–Crippen LogP) is 9.69. The maximum atomic E-state index is 12.5. The van der Waals surface area contributed by atoms with Crippen LogP contribution in [0.1, 0.15) is 0 Å². The van der Waals surface area contributed by atoms with Crippen molar-refractivity contribution in [2.75, 3.05) is 4.72 Å². The first-order valence-corrected chi connectivity index (χ1v) is 18.5. The molecule has 0 saturated heterocycles. The molecular weight excluding hydrogens is 843 g/mol. The van der Waals surface area contributed by atoms with E-state index in [2.05, 4.69) is 37.3 Å². The molecule has 2 heterocycles. The fourth-order valence-electron chi connectivity index (χ4n) is 3.33. The molecule has 0 radical (unpaired) electrons. The van der Waals surface area contributed by atoms with Gasteiger partial charge in [0.25, 0.3) is 19.1 Å². The van der Waals surface area contributed by atoms with Crippen LogP contribution >= 0.6 is 79.7 Å². The zero-order valence-corrected chi connectivity index (χ0v) is 29.7. The average Bonchev–Trinajstić information content (AvgIpc) is 2.96. The lowest BCUT2D eigenvalue weighted by Crippen LogP contribution is -2.12. The van der Waals surface area contributed by atoms with Crippen LogP contribution in [0.25, 0.3) is 0 Å². The van der Waals surface area contributed by atoms with Gasteiger partial charge in [-0.2, -0.15) is 0 Å². The van der Waals surface area contributed by atoms with Crippen molar-refractivity contribution in [2.24, 2.45) is 0 Å². The maximum absolute atomic E-state index is 12.5. The summed E-state index contributed by atoms with van der Waals surface area (Å²) in [6.07, 6.45) is 5.86. The van der Waals surface area contributed by atoms with Crippen LogP contribution in [-0.2, 0) is 19.1 Å². The molecule has 0 saturated carbocycles. The molecule has 9 nitrogen and oxygen atoms in total. The molecule has 234 valence electrons. The molecule has 0 aliphatic carbocycles. The topological polar surface area (TPSA) is 125 Å². The lowest BCUT2D eigenvalue weighted by atomic mass is 10.3. The van der Waals surface area contributed by atoms with E-state index in [1.165, 1.54) is 61.2 Å². The molecule has 5 rings (SSSR count). The van der Waals surface area contributed by atoms with Crippen LogP contribution in [0.4, 0.5) is 5.69 Å². The summed E-state index contributed by atoms with van der Waals surface area (Å²) in [5, 5.41) is 1.09. The molecule has 0 fully saturated rings. The van der Waals surface area contributed by atoms with E-state index in [0.717, 1.165) is 3.57 Å². The Balaban J connectivity index is 0.000000215. The Kier molecular flexibility index (Phi) is 12.0. The molecule has 2 aromatic heterocycles. The summed E-state index contributed by atoms with van der Waals surface area (Å²) in [5.41, 5.74) is 0.465. The third kappa shape index (κ3) is 10.5. The number of ether oxygens (including phenoxy) is 2. The van der Waals surface area contributed by atoms with Crippen LogP contribution in [0.3, 0.4) is 0 Å². The van der Waals surface area contributed by atoms with Crippen molar-refractivity contribution in [3.63, 3.8) is 0 Å². The summed E-state index contributed by atoms with van der Waals surface area (Å²) in [5.74, 6) is 1.35. The van der Waals surface area contributed by atoms with Gasteiger partial charge in [-0.1, -0.05) is 46.4 Å². The lowest BCUT2D eigenvalue weighted by molar-refractivity contribution is 0.480. The van der Waals surface area contributed by atoms with Crippen LogP contribution in [0.2, 0.25) is 20.1 Å². The number of benzene rings is 3. The Bertz CT molecular complexity index is 2050. The molecule has 0 unspecified atom stereocenters. The molecule has 1 N–H and O–H groups in total. The molecule has 0 aliphatic heterocycles. The highest BCUT2D eigenvalue weighted by Gasteiger charge is 2.17. The van der Waals surface area contributed by atoms with Crippen molar-refractivity contribution in [1.29, 1.82) is 0 Å². The van der Waals surface area contributed by atoms with Gasteiger partial charge in [0.05, 0.1) is 42.3 Å². The molecule has 5 aromatic rings. The average molecular weight is 860 g/mol. The monoisotopic (exact) mass is 857 g/mol. The van der Waals surface area contributed by atoms with Gasteiger partial charge in [-0.15, -0.1) is 0 Å². The van der Waals surface area contributed by atoms with Crippen LogP contribution in [0.15, 0.2) is 107 Å². The zero-order valence-electron chi connectivity index (χ0n) is 22.2. The highest BCUT2D eigenvalue weighted by atomic mass is 127. The van der Waals surface area contributed by atoms with Crippen LogP contribution in [0.5, 0.6) is 23.0 Å². The Morgan fingerprint density at radius 3 is 1.53 bits per heavy atom. The quantitative estimate of drug-likeness (QED) is 0.121. The van der Waals surface area contributed by atoms with Gasteiger partial charge < -0.3 is 9.47 Å². The minimum Gasteiger partial charge on any atom is -0.454 e. The number of sulfonamides is 1. The number of nitrogens with one attached hydrogen (secondary N) is 1. The first-order chi connectivity index (χ1) is 21.2. The Morgan fingerprint density at radius 1 is 0.622 bits per heavy atom. The largest absolute Gasteiger partial charge is 0.454 e. The third-order valence-corrected chi connectivity index (χ3v) is 9.76. The van der Waals surface area contributed by atoms with Gasteiger partial charge in [0.15, 0.2) is 0 Å². The summed E-state index contributed by atoms with van der Waals surface area (Å²) in [7, 11) is -2.38. The van der Waals surface area contributed by atoms with Crippen LogP contribution < -0.4 is 14.2 Å². The lowest BCUT2D eigenvalue weighted by Gasteiger charge is -2.11. The number of nitrogens with zero attached hydrogens (tertiary/aromatic N) is 2. The highest BCUT2D eigenvalue weighted by molar-refractivity contribution is 14.1. The minimum atomic E-state index is -3.82. The molecule has 0 amide bonds. The number of hydrogen-bond donors (Lipinski definition) is 1. The summed E-state index contributed by atoms with van der Waals surface area (Å²) in [4.78, 5) is 7.69. The standard InChI is InChI=1S/C17H11Cl2IN2O3S.C11H6Cl3NO3S/c18-11-7-14(10-21-9-11)25-17-6-5-15(8-16(17)19)26(23,24)22-13-3-1-12(20)2-4-13;12-7-3-8(6-15-5-7)18-11-2-1-9(4-10(11)13)19(14,16)17/h1-10,22H;1-6H. The fraction of sp³-hybridized carbons (Fsp3) is 0. The van der Waals surface area contributed by atoms with E-state index in [1.807, 2.05) is 0 Å². The molecule has 3 aromatic carbocycles. The Labute approximate surface area is 297 Å². The van der Waals surface area contributed by atoms with Crippen LogP contribution in [-0.4, -0.2) is 26.8 Å². The van der Waals surface area contributed by atoms with Gasteiger partial charge >= 0.3 is 0 Å². The van der Waals surface area contributed by atoms with E-state index in [9.17, 15) is 16.8 Å². The first kappa shape index (κ1) is 35.3. The van der Waals surface area contributed by atoms with Crippen molar-refractivity contribution in [1.82, 2.24) is 9.97 Å². The van der Waals surface area contributed by atoms with Gasteiger partial charge in [-0.05, 0) is 83.3 Å². The van der Waals surface area contributed by atoms with Gasteiger partial charge in [-0.3, -0.25) is 14.7 Å². The van der Waals surface area contributed by atoms with Crippen molar-refractivity contribution in [2.45, 2.75) is 9.79 Å². The third-order valence-electron chi connectivity index (χ3n) is 5.31. The first-order valence-electron chi connectivity index (χ1n) is 12.1. The number of pyridine rings is 2. The van der Waals surface area contributed by atoms with Gasteiger partial charge in [0.1, 0.15) is 23.0 Å². The predicted molar refractivity (Wildman–Crippen MR) is 185 cm³/mol. The molecule has 0 atom stereocenters. The van der Waals surface area contributed by atoms with Gasteiger partial charge in [0, 0.05) is 44.5 Å². The summed E-state index contributed by atoms with van der Waals surface area (Å²) < 4.78 is 61.8. The summed E-state index contributed by atoms with van der Waals surface area (Å²) in [6, 6.07) is 18.2. The second-order valence-electron chi connectivity index (χ2n) is 8.62. The molecule has 0 bridgehead atoms. The van der Waals surface area contributed by atoms with E-state index in [1.54, 1.807) is 36.4 Å². The van der Waals surface area contributed by atoms with Crippen molar-refractivity contribution >= 4 is 104 Å². The van der Waals surface area contributed by atoms with Crippen molar-refractivity contribution in [3.05, 3.63) is 121 Å². The minimum absolute atomic E-state index is 0.0256. The molecule has 45 heavy (non-hydrogen) atoms. The van der Waals surface area contributed by atoms with Gasteiger partial charge in [0.2, 0.25) is 0 Å². The Morgan fingerprint density at radius 2 is 1.09 bits per heavy atom. The van der Waals surface area contributed by atoms with E-state index in [4.69, 9.17) is 66.6 Å². The van der Waals surface area contributed by atoms with Crippen molar-refractivity contribution < 1.29 is 26.3 Å². The second-order valence-corrected chi connectivity index (χ2v) is 15.8. The number of anilines is 1. The van der Waals surface area contributed by atoms with E-state index < -0.39 is 19.1 Å². The Hall–Kier alpha value is -2.56. The van der Waals surface area contributed by atoms with Crippen LogP contribution in [0, 0.1) is 3.57 Å². The number of rotatable bonds is 8. The number of aromatic nitrogens is 2. The smallest absolute Gasteiger partial charge is 0.261 e. The normalized spacial score (nSPS) is 11.2. The van der Waals surface area contributed by atoms with E-state index in [-0.39, 0.29) is 25.6 Å². The SMILES string of the molecule is O=S(=O)(Cl)c1ccc(Oc2cncc(Cl)c2)c(Cl)c1.O=S(=O)(Nc1ccc(I)cc1)c1ccc(Oc2cncc(Cl)c2)c(Cl)c1. The molecular formula is C28H17Cl5IN3O6S2. The maximum Gasteiger partial charge on any atom is 0.261 e. The summed E-state index contributed by atoms with van der Waals surface area (Å²) in [6.45, 7) is 0.